The smallest absolute Gasteiger partial charge is 0.261 e. The molecule has 0 amide bonds. The van der Waals surface area contributed by atoms with Crippen LogP contribution in [0, 0.1) is 0 Å². The third-order valence-electron chi connectivity index (χ3n) is 6.14. The molecular formula is C23H29NO2Si. The average Bonchev–Trinajstić information content (AvgIpc) is 3.21. The van der Waals surface area contributed by atoms with E-state index in [1.54, 1.807) is 0 Å². The molecule has 4 heteroatoms. The van der Waals surface area contributed by atoms with E-state index in [0.717, 1.165) is 19.5 Å². The summed E-state index contributed by atoms with van der Waals surface area (Å²) in [5.41, 5.74) is 0. The second kappa shape index (κ2) is 7.01. The van der Waals surface area contributed by atoms with Crippen molar-refractivity contribution in [1.82, 2.24) is 4.90 Å². The Morgan fingerprint density at radius 2 is 1.52 bits per heavy atom. The minimum absolute atomic E-state index is 0.0211. The molecule has 0 aromatic heterocycles. The molecule has 0 bridgehead atoms. The van der Waals surface area contributed by atoms with Crippen molar-refractivity contribution in [3.63, 3.8) is 0 Å². The Morgan fingerprint density at radius 3 is 2.00 bits per heavy atom. The Bertz CT molecular complexity index is 761. The maximum atomic E-state index is 12.2. The zero-order valence-electron chi connectivity index (χ0n) is 16.5. The van der Waals surface area contributed by atoms with Gasteiger partial charge in [0, 0.05) is 19.5 Å². The number of ketones is 1. The van der Waals surface area contributed by atoms with E-state index in [1.807, 2.05) is 0 Å². The van der Waals surface area contributed by atoms with Crippen LogP contribution in [0.5, 0.6) is 0 Å². The van der Waals surface area contributed by atoms with E-state index in [1.165, 1.54) is 10.4 Å². The summed E-state index contributed by atoms with van der Waals surface area (Å²) in [5, 5.41) is 2.59. The Balaban J connectivity index is 1.78. The molecule has 0 saturated carbocycles. The third kappa shape index (κ3) is 3.20. The minimum Gasteiger partial charge on any atom is -0.403 e. The molecule has 2 aliphatic heterocycles. The molecule has 2 aromatic rings. The molecule has 0 unspecified atom stereocenters. The summed E-state index contributed by atoms with van der Waals surface area (Å²) in [4.78, 5) is 14.5. The lowest BCUT2D eigenvalue weighted by Crippen LogP contribution is -2.67. The molecule has 2 heterocycles. The maximum absolute atomic E-state index is 12.2. The fourth-order valence-corrected chi connectivity index (χ4v) is 9.58. The quantitative estimate of drug-likeness (QED) is 0.765. The van der Waals surface area contributed by atoms with Gasteiger partial charge in [-0.3, -0.25) is 9.69 Å². The molecule has 0 radical (unpaired) electrons. The Kier molecular flexibility index (Phi) is 4.83. The van der Waals surface area contributed by atoms with Crippen LogP contribution in [0.15, 0.2) is 60.7 Å². The zero-order valence-corrected chi connectivity index (χ0v) is 17.5. The zero-order chi connectivity index (χ0) is 19.1. The lowest BCUT2D eigenvalue weighted by Gasteiger charge is -2.44. The molecular weight excluding hydrogens is 350 g/mol. The van der Waals surface area contributed by atoms with Crippen LogP contribution in [0.25, 0.3) is 0 Å². The Morgan fingerprint density at radius 1 is 0.963 bits per heavy atom. The molecule has 2 aromatic carbocycles. The number of benzene rings is 2. The SMILES string of the molecule is CC(C)(C)[Si](O[C@@H]1C[C@@H]2C(=O)CCN2C1)(c1ccccc1)c1ccccc1. The first-order valence-electron chi connectivity index (χ1n) is 9.97. The summed E-state index contributed by atoms with van der Waals surface area (Å²) in [6.07, 6.45) is 1.66. The molecule has 142 valence electrons. The molecule has 2 aliphatic rings. The van der Waals surface area contributed by atoms with Crippen molar-refractivity contribution in [1.29, 1.82) is 0 Å². The van der Waals surface area contributed by atoms with Crippen molar-refractivity contribution in [3.05, 3.63) is 60.7 Å². The second-order valence-electron chi connectivity index (χ2n) is 8.87. The number of hydrogen-bond donors (Lipinski definition) is 0. The Labute approximate surface area is 163 Å². The van der Waals surface area contributed by atoms with Gasteiger partial charge in [-0.15, -0.1) is 0 Å². The number of fused-ring (bicyclic) bond motifs is 1. The molecule has 2 saturated heterocycles. The van der Waals surface area contributed by atoms with Gasteiger partial charge in [-0.1, -0.05) is 81.4 Å². The van der Waals surface area contributed by atoms with Crippen LogP contribution in [0.4, 0.5) is 0 Å². The van der Waals surface area contributed by atoms with E-state index >= 15 is 0 Å². The Hall–Kier alpha value is -1.75. The van der Waals surface area contributed by atoms with Gasteiger partial charge in [0.1, 0.15) is 0 Å². The van der Waals surface area contributed by atoms with Crippen LogP contribution in [0.3, 0.4) is 0 Å². The van der Waals surface area contributed by atoms with E-state index < -0.39 is 8.32 Å². The highest BCUT2D eigenvalue weighted by molar-refractivity contribution is 6.99. The standard InChI is InChI=1S/C23H29NO2Si/c1-23(2,3)27(19-10-6-4-7-11-19,20-12-8-5-9-13-20)26-18-16-21-22(25)14-15-24(21)17-18/h4-13,18,21H,14-17H2,1-3H3/t18-,21-/m1/s1. The molecule has 2 atom stereocenters. The molecule has 0 aliphatic carbocycles. The number of carbonyl (C=O) groups is 1. The van der Waals surface area contributed by atoms with Crippen LogP contribution in [0.1, 0.15) is 33.6 Å². The number of nitrogens with zero attached hydrogens (tertiary/aromatic N) is 1. The van der Waals surface area contributed by atoms with Gasteiger partial charge in [0.05, 0.1) is 12.1 Å². The molecule has 0 spiro atoms. The summed E-state index contributed by atoms with van der Waals surface area (Å²) in [5.74, 6) is 0.392. The van der Waals surface area contributed by atoms with E-state index in [4.69, 9.17) is 4.43 Å². The first-order chi connectivity index (χ1) is 12.9. The van der Waals surface area contributed by atoms with Gasteiger partial charge < -0.3 is 4.43 Å². The van der Waals surface area contributed by atoms with E-state index in [-0.39, 0.29) is 17.2 Å². The predicted octanol–water partition coefficient (Wildman–Crippen LogP) is 2.98. The van der Waals surface area contributed by atoms with Crippen LogP contribution in [0.2, 0.25) is 5.04 Å². The fraction of sp³-hybridized carbons (Fsp3) is 0.435. The summed E-state index contributed by atoms with van der Waals surface area (Å²) < 4.78 is 7.17. The van der Waals surface area contributed by atoms with Crippen LogP contribution in [-0.4, -0.2) is 44.2 Å². The number of rotatable bonds is 4. The number of carbonyl (C=O) groups excluding carboxylic acids is 1. The lowest BCUT2D eigenvalue weighted by atomic mass is 10.1. The highest BCUT2D eigenvalue weighted by atomic mass is 28.4. The highest BCUT2D eigenvalue weighted by Crippen LogP contribution is 2.39. The van der Waals surface area contributed by atoms with Gasteiger partial charge in [-0.05, 0) is 21.8 Å². The second-order valence-corrected chi connectivity index (χ2v) is 13.1. The summed E-state index contributed by atoms with van der Waals surface area (Å²) in [6, 6.07) is 21.6. The van der Waals surface area contributed by atoms with Crippen molar-refractivity contribution in [2.75, 3.05) is 13.1 Å². The van der Waals surface area contributed by atoms with Crippen molar-refractivity contribution >= 4 is 24.5 Å². The normalized spacial score (nSPS) is 23.6. The maximum Gasteiger partial charge on any atom is 0.261 e. The first kappa shape index (κ1) is 18.6. The first-order valence-corrected chi connectivity index (χ1v) is 11.9. The van der Waals surface area contributed by atoms with Crippen LogP contribution in [-0.2, 0) is 9.22 Å². The van der Waals surface area contributed by atoms with Gasteiger partial charge >= 0.3 is 0 Å². The molecule has 4 rings (SSSR count). The number of Topliss-reactive ketones (excluding diaryl/α,β-unsaturated/α-hetero) is 1. The fourth-order valence-electron chi connectivity index (χ4n) is 4.89. The topological polar surface area (TPSA) is 29.5 Å². The van der Waals surface area contributed by atoms with Gasteiger partial charge in [0.2, 0.25) is 0 Å². The average molecular weight is 380 g/mol. The minimum atomic E-state index is -2.52. The largest absolute Gasteiger partial charge is 0.403 e. The predicted molar refractivity (Wildman–Crippen MR) is 112 cm³/mol. The summed E-state index contributed by atoms with van der Waals surface area (Å²) in [7, 11) is -2.52. The van der Waals surface area contributed by atoms with Crippen molar-refractivity contribution in [2.45, 2.75) is 50.8 Å². The third-order valence-corrected chi connectivity index (χ3v) is 11.2. The van der Waals surface area contributed by atoms with Crippen molar-refractivity contribution in [3.8, 4) is 0 Å². The van der Waals surface area contributed by atoms with Crippen LogP contribution >= 0.6 is 0 Å². The van der Waals surface area contributed by atoms with Gasteiger partial charge in [0.15, 0.2) is 5.78 Å². The van der Waals surface area contributed by atoms with Crippen molar-refractivity contribution < 1.29 is 9.22 Å². The number of hydrogen-bond acceptors (Lipinski definition) is 3. The molecule has 2 fully saturated rings. The van der Waals surface area contributed by atoms with Gasteiger partial charge in [-0.2, -0.15) is 0 Å². The van der Waals surface area contributed by atoms with E-state index in [2.05, 4.69) is 86.3 Å². The van der Waals surface area contributed by atoms with Gasteiger partial charge in [0.25, 0.3) is 8.32 Å². The van der Waals surface area contributed by atoms with E-state index in [9.17, 15) is 4.79 Å². The van der Waals surface area contributed by atoms with E-state index in [0.29, 0.717) is 12.2 Å². The molecule has 27 heavy (non-hydrogen) atoms. The van der Waals surface area contributed by atoms with Crippen LogP contribution < -0.4 is 10.4 Å². The van der Waals surface area contributed by atoms with Gasteiger partial charge in [-0.25, -0.2) is 0 Å². The lowest BCUT2D eigenvalue weighted by molar-refractivity contribution is -0.119. The summed E-state index contributed by atoms with van der Waals surface area (Å²) >= 11 is 0. The van der Waals surface area contributed by atoms with Crippen molar-refractivity contribution in [2.24, 2.45) is 0 Å². The molecule has 0 N–H and O–H groups in total. The summed E-state index contributed by atoms with van der Waals surface area (Å²) in [6.45, 7) is 8.69. The molecule has 3 nitrogen and oxygen atoms in total. The monoisotopic (exact) mass is 379 g/mol. The highest BCUT2D eigenvalue weighted by Gasteiger charge is 2.53.